The monoisotopic (exact) mass is 253 g/mol. The van der Waals surface area contributed by atoms with Crippen LogP contribution in [0.25, 0.3) is 0 Å². The summed E-state index contributed by atoms with van der Waals surface area (Å²) in [6, 6.07) is 0. The van der Waals surface area contributed by atoms with Crippen molar-refractivity contribution in [3.63, 3.8) is 0 Å². The second kappa shape index (κ2) is 4.95. The molecule has 0 aliphatic heterocycles. The third kappa shape index (κ3) is 3.39. The lowest BCUT2D eigenvalue weighted by molar-refractivity contribution is 1.05. The number of nitrogens with one attached hydrogen (secondary N) is 1. The lowest BCUT2D eigenvalue weighted by Gasteiger charge is -1.97. The summed E-state index contributed by atoms with van der Waals surface area (Å²) in [4.78, 5) is 0. The van der Waals surface area contributed by atoms with Gasteiger partial charge in [-0.15, -0.1) is 10.2 Å². The molecule has 1 heterocycles. The molecule has 0 amide bonds. The van der Waals surface area contributed by atoms with Crippen LogP contribution in [0.1, 0.15) is 0 Å². The van der Waals surface area contributed by atoms with Crippen molar-refractivity contribution in [2.24, 2.45) is 0 Å². The molecular weight excluding hydrogens is 246 g/mol. The van der Waals surface area contributed by atoms with Gasteiger partial charge in [0.05, 0.1) is 0 Å². The lowest BCUT2D eigenvalue weighted by atomic mass is 10.7. The van der Waals surface area contributed by atoms with Gasteiger partial charge in [-0.05, 0) is 22.2 Å². The maximum absolute atomic E-state index is 3.89. The number of anilines is 1. The maximum atomic E-state index is 3.89. The lowest BCUT2D eigenvalue weighted by Crippen LogP contribution is -2.02. The highest BCUT2D eigenvalue weighted by Crippen LogP contribution is 2.19. The number of hydrogen-bond donors (Lipinski definition) is 1. The van der Waals surface area contributed by atoms with Crippen molar-refractivity contribution < 1.29 is 0 Å². The highest BCUT2D eigenvalue weighted by Gasteiger charge is 1.97. The Morgan fingerprint density at radius 1 is 1.64 bits per heavy atom. The predicted octanol–water partition coefficient (Wildman–Crippen LogP) is 2.08. The van der Waals surface area contributed by atoms with E-state index < -0.39 is 0 Å². The predicted molar refractivity (Wildman–Crippen MR) is 54.5 cm³/mol. The van der Waals surface area contributed by atoms with Crippen LogP contribution in [0.4, 0.5) is 5.13 Å². The van der Waals surface area contributed by atoms with E-state index in [0.717, 1.165) is 21.3 Å². The Balaban J connectivity index is 2.27. The van der Waals surface area contributed by atoms with Crippen LogP contribution in [0.3, 0.4) is 0 Å². The van der Waals surface area contributed by atoms with E-state index in [-0.39, 0.29) is 0 Å². The van der Waals surface area contributed by atoms with E-state index in [2.05, 4.69) is 37.7 Å². The van der Waals surface area contributed by atoms with Crippen LogP contribution in [-0.4, -0.2) is 28.8 Å². The van der Waals surface area contributed by atoms with Crippen LogP contribution in [-0.2, 0) is 0 Å². The molecule has 0 unspecified atom stereocenters. The molecule has 0 atom stereocenters. The SMILES string of the molecule is CSCCNc1nnc(Br)s1. The second-order valence-corrected chi connectivity index (χ2v) is 5.02. The Hall–Kier alpha value is 0.190. The summed E-state index contributed by atoms with van der Waals surface area (Å²) in [5.74, 6) is 1.09. The minimum atomic E-state index is 0.823. The fraction of sp³-hybridized carbons (Fsp3) is 0.600. The van der Waals surface area contributed by atoms with Gasteiger partial charge < -0.3 is 5.32 Å². The van der Waals surface area contributed by atoms with Crippen molar-refractivity contribution in [1.82, 2.24) is 10.2 Å². The van der Waals surface area contributed by atoms with Crippen LogP contribution in [0, 0.1) is 0 Å². The van der Waals surface area contributed by atoms with E-state index in [1.807, 2.05) is 11.8 Å². The minimum Gasteiger partial charge on any atom is -0.359 e. The summed E-state index contributed by atoms with van der Waals surface area (Å²) in [5, 5.41) is 11.7. The molecule has 0 spiro atoms. The summed E-state index contributed by atoms with van der Waals surface area (Å²) in [6.07, 6.45) is 2.08. The molecule has 0 fully saturated rings. The van der Waals surface area contributed by atoms with Gasteiger partial charge in [-0.1, -0.05) is 11.3 Å². The van der Waals surface area contributed by atoms with E-state index in [0.29, 0.717) is 0 Å². The smallest absolute Gasteiger partial charge is 0.206 e. The van der Waals surface area contributed by atoms with Crippen molar-refractivity contribution in [3.05, 3.63) is 3.92 Å². The van der Waals surface area contributed by atoms with Gasteiger partial charge in [0.15, 0.2) is 3.92 Å². The molecule has 62 valence electrons. The van der Waals surface area contributed by atoms with E-state index in [9.17, 15) is 0 Å². The molecule has 0 saturated carbocycles. The number of thioether (sulfide) groups is 1. The molecule has 1 aromatic heterocycles. The maximum Gasteiger partial charge on any atom is 0.206 e. The van der Waals surface area contributed by atoms with Gasteiger partial charge in [0.25, 0.3) is 0 Å². The summed E-state index contributed by atoms with van der Waals surface area (Å²) in [5.41, 5.74) is 0. The summed E-state index contributed by atoms with van der Waals surface area (Å²) < 4.78 is 0.823. The molecular formula is C5H8BrN3S2. The topological polar surface area (TPSA) is 37.8 Å². The second-order valence-electron chi connectivity index (χ2n) is 1.78. The van der Waals surface area contributed by atoms with E-state index in [4.69, 9.17) is 0 Å². The molecule has 11 heavy (non-hydrogen) atoms. The van der Waals surface area contributed by atoms with Crippen LogP contribution in [0.15, 0.2) is 3.92 Å². The third-order valence-corrected chi connectivity index (χ3v) is 2.91. The molecule has 0 aromatic carbocycles. The first-order valence-corrected chi connectivity index (χ1v) is 6.05. The zero-order chi connectivity index (χ0) is 8.10. The Labute approximate surface area is 82.1 Å². The molecule has 0 radical (unpaired) electrons. The van der Waals surface area contributed by atoms with E-state index in [1.165, 1.54) is 11.3 Å². The van der Waals surface area contributed by atoms with Crippen molar-refractivity contribution in [2.75, 3.05) is 23.9 Å². The Kier molecular flexibility index (Phi) is 4.17. The number of hydrogen-bond acceptors (Lipinski definition) is 5. The summed E-state index contributed by atoms with van der Waals surface area (Å²) in [6.45, 7) is 0.947. The van der Waals surface area contributed by atoms with Crippen molar-refractivity contribution >= 4 is 44.2 Å². The summed E-state index contributed by atoms with van der Waals surface area (Å²) in [7, 11) is 0. The van der Waals surface area contributed by atoms with Crippen LogP contribution < -0.4 is 5.32 Å². The Bertz CT molecular complexity index is 215. The standard InChI is InChI=1S/C5H8BrN3S2/c1-10-3-2-7-5-9-8-4(6)11-5/h2-3H2,1H3,(H,7,9). The van der Waals surface area contributed by atoms with Crippen molar-refractivity contribution in [3.8, 4) is 0 Å². The number of rotatable bonds is 4. The highest BCUT2D eigenvalue weighted by molar-refractivity contribution is 9.11. The first-order chi connectivity index (χ1) is 5.33. The molecule has 3 nitrogen and oxygen atoms in total. The zero-order valence-electron chi connectivity index (χ0n) is 6.00. The molecule has 0 saturated heterocycles. The van der Waals surface area contributed by atoms with Gasteiger partial charge in [0, 0.05) is 12.3 Å². The van der Waals surface area contributed by atoms with Crippen LogP contribution in [0.2, 0.25) is 0 Å². The molecule has 0 aliphatic rings. The Morgan fingerprint density at radius 2 is 2.45 bits per heavy atom. The molecule has 1 rings (SSSR count). The van der Waals surface area contributed by atoms with Gasteiger partial charge in [0.2, 0.25) is 5.13 Å². The number of nitrogens with zero attached hydrogens (tertiary/aromatic N) is 2. The van der Waals surface area contributed by atoms with Gasteiger partial charge in [-0.25, -0.2) is 0 Å². The fourth-order valence-corrected chi connectivity index (χ4v) is 1.88. The zero-order valence-corrected chi connectivity index (χ0v) is 9.22. The number of halogens is 1. The van der Waals surface area contributed by atoms with Crippen molar-refractivity contribution in [2.45, 2.75) is 0 Å². The van der Waals surface area contributed by atoms with Gasteiger partial charge in [0.1, 0.15) is 0 Å². The Morgan fingerprint density at radius 3 is 3.00 bits per heavy atom. The van der Waals surface area contributed by atoms with Crippen LogP contribution >= 0.6 is 39.0 Å². The minimum absolute atomic E-state index is 0.823. The molecule has 0 bridgehead atoms. The van der Waals surface area contributed by atoms with Gasteiger partial charge >= 0.3 is 0 Å². The summed E-state index contributed by atoms with van der Waals surface area (Å²) >= 11 is 6.56. The quantitative estimate of drug-likeness (QED) is 0.835. The largest absolute Gasteiger partial charge is 0.359 e. The fourth-order valence-electron chi connectivity index (χ4n) is 0.537. The normalized spacial score (nSPS) is 10.0. The van der Waals surface area contributed by atoms with Crippen LogP contribution in [0.5, 0.6) is 0 Å². The van der Waals surface area contributed by atoms with Crippen molar-refractivity contribution in [1.29, 1.82) is 0 Å². The number of aromatic nitrogens is 2. The van der Waals surface area contributed by atoms with Gasteiger partial charge in [-0.3, -0.25) is 0 Å². The average Bonchev–Trinajstić information content (AvgIpc) is 2.37. The molecule has 1 aromatic rings. The first kappa shape index (κ1) is 9.28. The van der Waals surface area contributed by atoms with E-state index in [1.54, 1.807) is 0 Å². The van der Waals surface area contributed by atoms with Gasteiger partial charge in [-0.2, -0.15) is 11.8 Å². The molecule has 0 aliphatic carbocycles. The first-order valence-electron chi connectivity index (χ1n) is 3.04. The molecule has 6 heteroatoms. The third-order valence-electron chi connectivity index (χ3n) is 0.983. The van der Waals surface area contributed by atoms with E-state index >= 15 is 0 Å². The highest BCUT2D eigenvalue weighted by atomic mass is 79.9. The molecule has 1 N–H and O–H groups in total. The average molecular weight is 254 g/mol.